The second-order valence-electron chi connectivity index (χ2n) is 1.36. The van der Waals surface area contributed by atoms with Gasteiger partial charge in [-0.25, -0.2) is 0 Å². The highest BCUT2D eigenvalue weighted by atomic mass is 19.1. The zero-order chi connectivity index (χ0) is 5.98. The van der Waals surface area contributed by atoms with E-state index in [1.54, 1.807) is 6.08 Å². The Morgan fingerprint density at radius 2 is 2.50 bits per heavy atom. The Morgan fingerprint density at radius 1 is 1.75 bits per heavy atom. The predicted molar refractivity (Wildman–Crippen MR) is 26.9 cm³/mol. The Hall–Kier alpha value is -1.14. The van der Waals surface area contributed by atoms with E-state index in [1.165, 1.54) is 12.2 Å². The minimum absolute atomic E-state index is 0.00463. The van der Waals surface area contributed by atoms with Gasteiger partial charge in [0, 0.05) is 0 Å². The van der Waals surface area contributed by atoms with Gasteiger partial charge < -0.3 is 0 Å². The predicted octanol–water partition coefficient (Wildman–Crippen LogP) is 1.13. The van der Waals surface area contributed by atoms with Gasteiger partial charge in [-0.15, -0.1) is 5.73 Å². The van der Waals surface area contributed by atoms with Gasteiger partial charge in [-0.05, 0) is 12.2 Å². The lowest BCUT2D eigenvalue weighted by molar-refractivity contribution is -0.124. The SMILES string of the molecule is O=C(F)C1=C=CC=C1. The molecule has 0 aliphatic heterocycles. The van der Waals surface area contributed by atoms with Gasteiger partial charge in [0.15, 0.2) is 0 Å². The van der Waals surface area contributed by atoms with E-state index in [-0.39, 0.29) is 5.57 Å². The maximum Gasteiger partial charge on any atom is 0.339 e. The van der Waals surface area contributed by atoms with Gasteiger partial charge in [-0.2, -0.15) is 4.39 Å². The van der Waals surface area contributed by atoms with Crippen molar-refractivity contribution in [2.75, 3.05) is 0 Å². The van der Waals surface area contributed by atoms with E-state index in [2.05, 4.69) is 5.73 Å². The van der Waals surface area contributed by atoms with Crippen LogP contribution in [-0.2, 0) is 4.79 Å². The van der Waals surface area contributed by atoms with Gasteiger partial charge in [0.25, 0.3) is 0 Å². The Bertz CT molecular complexity index is 207. The van der Waals surface area contributed by atoms with Crippen molar-refractivity contribution in [1.82, 2.24) is 0 Å². The van der Waals surface area contributed by atoms with Crippen molar-refractivity contribution in [1.29, 1.82) is 0 Å². The van der Waals surface area contributed by atoms with Crippen molar-refractivity contribution in [2.24, 2.45) is 0 Å². The van der Waals surface area contributed by atoms with Crippen molar-refractivity contribution >= 4 is 6.04 Å². The molecule has 0 spiro atoms. The maximum atomic E-state index is 11.6. The Labute approximate surface area is 45.8 Å². The average Bonchev–Trinajstić information content (AvgIpc) is 2.12. The van der Waals surface area contributed by atoms with Crippen molar-refractivity contribution in [2.45, 2.75) is 0 Å². The highest BCUT2D eigenvalue weighted by Gasteiger charge is 2.02. The van der Waals surface area contributed by atoms with E-state index in [1.807, 2.05) is 0 Å². The highest BCUT2D eigenvalue weighted by molar-refractivity contribution is 5.91. The van der Waals surface area contributed by atoms with Gasteiger partial charge in [0.05, 0.1) is 5.57 Å². The first kappa shape index (κ1) is 5.01. The third-order valence-corrected chi connectivity index (χ3v) is 0.810. The maximum absolute atomic E-state index is 11.6. The summed E-state index contributed by atoms with van der Waals surface area (Å²) in [6.07, 6.45) is 4.43. The first-order chi connectivity index (χ1) is 3.80. The number of hydrogen-bond donors (Lipinski definition) is 0. The molecule has 0 amide bonds. The Morgan fingerprint density at radius 3 is 2.75 bits per heavy atom. The van der Waals surface area contributed by atoms with Crippen LogP contribution in [0.3, 0.4) is 0 Å². The number of carbonyl (C=O) groups is 1. The lowest BCUT2D eigenvalue weighted by Crippen LogP contribution is -1.85. The number of halogens is 1. The number of allylic oxidation sites excluding steroid dienone is 3. The molecule has 0 N–H and O–H groups in total. The summed E-state index contributed by atoms with van der Waals surface area (Å²) in [5, 5.41) is 0. The summed E-state index contributed by atoms with van der Waals surface area (Å²) < 4.78 is 11.6. The molecule has 0 aromatic heterocycles. The van der Waals surface area contributed by atoms with E-state index < -0.39 is 6.04 Å². The molecule has 0 saturated heterocycles. The molecule has 0 bridgehead atoms. The molecular weight excluding hydrogens is 107 g/mol. The summed E-state index contributed by atoms with van der Waals surface area (Å²) in [4.78, 5) is 9.81. The van der Waals surface area contributed by atoms with Gasteiger partial charge in [0.2, 0.25) is 0 Å². The molecule has 0 atom stereocenters. The summed E-state index contributed by atoms with van der Waals surface area (Å²) in [6, 6.07) is -1.42. The van der Waals surface area contributed by atoms with E-state index in [0.29, 0.717) is 0 Å². The Kier molecular flexibility index (Phi) is 1.10. The molecule has 2 heteroatoms. The van der Waals surface area contributed by atoms with Crippen LogP contribution in [0.4, 0.5) is 4.39 Å². The van der Waals surface area contributed by atoms with Gasteiger partial charge in [0.1, 0.15) is 0 Å². The van der Waals surface area contributed by atoms with Crippen LogP contribution in [0.1, 0.15) is 0 Å². The van der Waals surface area contributed by atoms with E-state index in [4.69, 9.17) is 0 Å². The number of carbonyl (C=O) groups excluding carboxylic acids is 1. The summed E-state index contributed by atoms with van der Waals surface area (Å²) in [5.41, 5.74) is 2.42. The first-order valence-electron chi connectivity index (χ1n) is 2.14. The van der Waals surface area contributed by atoms with Gasteiger partial charge >= 0.3 is 6.04 Å². The zero-order valence-electron chi connectivity index (χ0n) is 4.02. The summed E-state index contributed by atoms with van der Waals surface area (Å²) in [5.74, 6) is 0. The fourth-order valence-corrected chi connectivity index (χ4v) is 0.453. The number of hydrogen-bond acceptors (Lipinski definition) is 1. The molecule has 40 valence electrons. The average molecular weight is 110 g/mol. The quantitative estimate of drug-likeness (QED) is 0.365. The van der Waals surface area contributed by atoms with Crippen LogP contribution < -0.4 is 0 Å². The van der Waals surface area contributed by atoms with Crippen LogP contribution in [-0.4, -0.2) is 6.04 Å². The molecule has 0 aromatic carbocycles. The molecule has 1 rings (SSSR count). The summed E-state index contributed by atoms with van der Waals surface area (Å²) in [7, 11) is 0. The Balaban J connectivity index is 2.90. The smallest absolute Gasteiger partial charge is 0.255 e. The third-order valence-electron chi connectivity index (χ3n) is 0.810. The molecule has 1 nitrogen and oxygen atoms in total. The molecule has 0 heterocycles. The topological polar surface area (TPSA) is 17.1 Å². The van der Waals surface area contributed by atoms with Crippen molar-refractivity contribution in [3.05, 3.63) is 29.5 Å². The van der Waals surface area contributed by atoms with Crippen LogP contribution in [0.2, 0.25) is 0 Å². The molecule has 0 fully saturated rings. The van der Waals surface area contributed by atoms with Gasteiger partial charge in [-0.1, -0.05) is 6.08 Å². The highest BCUT2D eigenvalue weighted by Crippen LogP contribution is 2.02. The molecule has 0 radical (unpaired) electrons. The lowest BCUT2D eigenvalue weighted by Gasteiger charge is -1.77. The van der Waals surface area contributed by atoms with E-state index >= 15 is 0 Å². The standard InChI is InChI=1S/C6H3FO/c7-6(8)5-3-1-2-4-5/h1-3H. The molecule has 1 aliphatic rings. The summed E-state index contributed by atoms with van der Waals surface area (Å²) in [6.45, 7) is 0. The largest absolute Gasteiger partial charge is 0.339 e. The molecule has 0 aromatic rings. The van der Waals surface area contributed by atoms with Crippen molar-refractivity contribution in [3.8, 4) is 0 Å². The van der Waals surface area contributed by atoms with E-state index in [9.17, 15) is 9.18 Å². The number of rotatable bonds is 1. The van der Waals surface area contributed by atoms with Gasteiger partial charge in [-0.3, -0.25) is 4.79 Å². The first-order valence-corrected chi connectivity index (χ1v) is 2.14. The fraction of sp³-hybridized carbons (Fsp3) is 0. The molecular formula is C6H3FO. The summed E-state index contributed by atoms with van der Waals surface area (Å²) >= 11 is 0. The monoisotopic (exact) mass is 110 g/mol. The van der Waals surface area contributed by atoms with Crippen LogP contribution in [0.25, 0.3) is 0 Å². The molecule has 1 aliphatic carbocycles. The van der Waals surface area contributed by atoms with Crippen LogP contribution >= 0.6 is 0 Å². The normalized spacial score (nSPS) is 14.4. The minimum atomic E-state index is -1.42. The second kappa shape index (κ2) is 1.76. The van der Waals surface area contributed by atoms with Crippen LogP contribution in [0.5, 0.6) is 0 Å². The van der Waals surface area contributed by atoms with Crippen LogP contribution in [0, 0.1) is 0 Å². The lowest BCUT2D eigenvalue weighted by atomic mass is 10.3. The fourth-order valence-electron chi connectivity index (χ4n) is 0.453. The van der Waals surface area contributed by atoms with E-state index in [0.717, 1.165) is 0 Å². The minimum Gasteiger partial charge on any atom is -0.255 e. The van der Waals surface area contributed by atoms with Crippen LogP contribution in [0.15, 0.2) is 29.5 Å². The second-order valence-corrected chi connectivity index (χ2v) is 1.36. The van der Waals surface area contributed by atoms with Crippen molar-refractivity contribution < 1.29 is 9.18 Å². The zero-order valence-corrected chi connectivity index (χ0v) is 4.02. The third kappa shape index (κ3) is 0.745. The molecule has 8 heavy (non-hydrogen) atoms. The van der Waals surface area contributed by atoms with Crippen molar-refractivity contribution in [3.63, 3.8) is 0 Å². The molecule has 0 unspecified atom stereocenters. The molecule has 0 saturated carbocycles.